The third kappa shape index (κ3) is 5.20. The first-order valence-corrected chi connectivity index (χ1v) is 11.6. The second kappa shape index (κ2) is 9.04. The number of hydrogen-bond donors (Lipinski definition) is 1. The van der Waals surface area contributed by atoms with Crippen LogP contribution in [0.1, 0.15) is 41.7 Å². The van der Waals surface area contributed by atoms with Crippen LogP contribution in [0.4, 0.5) is 18.0 Å². The molecule has 0 aromatic carbocycles. The molecule has 1 N–H and O–H groups in total. The van der Waals surface area contributed by atoms with Gasteiger partial charge in [0.15, 0.2) is 11.3 Å². The molecule has 0 saturated carbocycles. The molecule has 12 heteroatoms. The molecule has 0 fully saturated rings. The van der Waals surface area contributed by atoms with Crippen molar-refractivity contribution in [3.8, 4) is 11.3 Å². The van der Waals surface area contributed by atoms with Gasteiger partial charge in [-0.25, -0.2) is 9.78 Å². The summed E-state index contributed by atoms with van der Waals surface area (Å²) in [7, 11) is 0. The van der Waals surface area contributed by atoms with Crippen LogP contribution in [-0.4, -0.2) is 31.6 Å². The van der Waals surface area contributed by atoms with Crippen molar-refractivity contribution in [2.75, 3.05) is 0 Å². The Morgan fingerprint density at radius 1 is 1.20 bits per heavy atom. The van der Waals surface area contributed by atoms with Crippen molar-refractivity contribution in [2.45, 2.75) is 39.1 Å². The van der Waals surface area contributed by atoms with Crippen molar-refractivity contribution < 1.29 is 27.5 Å². The van der Waals surface area contributed by atoms with Crippen LogP contribution in [0.5, 0.6) is 0 Å². The van der Waals surface area contributed by atoms with Gasteiger partial charge < -0.3 is 10.1 Å². The van der Waals surface area contributed by atoms with Crippen LogP contribution in [0.15, 0.2) is 48.1 Å². The van der Waals surface area contributed by atoms with Crippen LogP contribution in [0, 0.1) is 0 Å². The summed E-state index contributed by atoms with van der Waals surface area (Å²) in [6.07, 6.45) is -2.87. The molecule has 0 saturated heterocycles. The number of halogens is 4. The van der Waals surface area contributed by atoms with Gasteiger partial charge in [0.1, 0.15) is 10.8 Å². The lowest BCUT2D eigenvalue weighted by molar-refractivity contribution is -0.136. The number of imidazole rings is 1. The highest BCUT2D eigenvalue weighted by atomic mass is 35.5. The van der Waals surface area contributed by atoms with Crippen LogP contribution < -0.4 is 5.32 Å². The topological polar surface area (TPSA) is 77.6 Å². The highest BCUT2D eigenvalue weighted by Gasteiger charge is 2.36. The number of ether oxygens (including phenoxy) is 1. The molecule has 4 aromatic rings. The molecule has 0 radical (unpaired) electrons. The van der Waals surface area contributed by atoms with E-state index in [4.69, 9.17) is 16.3 Å². The van der Waals surface area contributed by atoms with Crippen LogP contribution in [0.25, 0.3) is 16.9 Å². The summed E-state index contributed by atoms with van der Waals surface area (Å²) in [6.45, 7) is 5.22. The largest absolute Gasteiger partial charge is 0.443 e. The number of rotatable bonds is 4. The second-order valence-corrected chi connectivity index (χ2v) is 9.98. The van der Waals surface area contributed by atoms with Gasteiger partial charge in [0.25, 0.3) is 5.91 Å². The Bertz CT molecular complexity index is 1400. The first-order chi connectivity index (χ1) is 16.3. The minimum Gasteiger partial charge on any atom is -0.443 e. The number of hydrogen-bond acceptors (Lipinski definition) is 5. The number of alkyl halides is 3. The molecule has 4 aromatic heterocycles. The Labute approximate surface area is 207 Å². The van der Waals surface area contributed by atoms with E-state index in [0.29, 0.717) is 0 Å². The fraction of sp³-hybridized carbons (Fsp3) is 0.261. The van der Waals surface area contributed by atoms with Crippen molar-refractivity contribution in [3.05, 3.63) is 69.4 Å². The smallest absolute Gasteiger partial charge is 0.420 e. The van der Waals surface area contributed by atoms with E-state index in [9.17, 15) is 22.8 Å². The van der Waals surface area contributed by atoms with Crippen LogP contribution >= 0.6 is 22.9 Å². The van der Waals surface area contributed by atoms with E-state index in [-0.39, 0.29) is 28.6 Å². The third-order valence-electron chi connectivity index (χ3n) is 4.82. The fourth-order valence-corrected chi connectivity index (χ4v) is 4.26. The molecule has 7 nitrogen and oxygen atoms in total. The van der Waals surface area contributed by atoms with Crippen LogP contribution in [-0.2, 0) is 17.5 Å². The van der Waals surface area contributed by atoms with Crippen LogP contribution in [0.3, 0.4) is 0 Å². The van der Waals surface area contributed by atoms with E-state index in [1.165, 1.54) is 35.9 Å². The highest BCUT2D eigenvalue weighted by Crippen LogP contribution is 2.37. The summed E-state index contributed by atoms with van der Waals surface area (Å²) in [5.41, 5.74) is -2.59. The SMILES string of the molecule is CC(C)(C)OC(=O)n1cccc1-c1cc(C(F)(F)F)c2nc(C(=O)NCc3cccs3)c(Cl)n2c1. The highest BCUT2D eigenvalue weighted by molar-refractivity contribution is 7.09. The molecule has 1 amide bonds. The molecule has 4 rings (SSSR count). The van der Waals surface area contributed by atoms with E-state index in [2.05, 4.69) is 10.3 Å². The third-order valence-corrected chi connectivity index (χ3v) is 6.06. The molecule has 184 valence electrons. The zero-order valence-electron chi connectivity index (χ0n) is 18.8. The molecular weight excluding hydrogens is 505 g/mol. The average Bonchev–Trinajstić information content (AvgIpc) is 3.50. The molecule has 0 aliphatic rings. The predicted molar refractivity (Wildman–Crippen MR) is 126 cm³/mol. The van der Waals surface area contributed by atoms with Crippen molar-refractivity contribution in [1.82, 2.24) is 19.3 Å². The first kappa shape index (κ1) is 24.8. The maximum atomic E-state index is 14.0. The summed E-state index contributed by atoms with van der Waals surface area (Å²) in [5.74, 6) is -0.709. The fourth-order valence-electron chi connectivity index (χ4n) is 3.36. The Morgan fingerprint density at radius 3 is 2.57 bits per heavy atom. The maximum Gasteiger partial charge on any atom is 0.420 e. The summed E-state index contributed by atoms with van der Waals surface area (Å²) < 4.78 is 49.5. The van der Waals surface area contributed by atoms with Gasteiger partial charge in [0, 0.05) is 22.8 Å². The number of carbonyl (C=O) groups is 2. The number of pyridine rings is 1. The molecule has 0 bridgehead atoms. The van der Waals surface area contributed by atoms with Gasteiger partial charge in [-0.1, -0.05) is 17.7 Å². The normalized spacial score (nSPS) is 12.2. The first-order valence-electron chi connectivity index (χ1n) is 10.4. The van der Waals surface area contributed by atoms with Gasteiger partial charge in [0.05, 0.1) is 17.8 Å². The van der Waals surface area contributed by atoms with Crippen molar-refractivity contribution >= 4 is 40.6 Å². The van der Waals surface area contributed by atoms with E-state index in [0.717, 1.165) is 19.9 Å². The number of nitrogens with one attached hydrogen (secondary N) is 1. The molecule has 0 aliphatic heterocycles. The lowest BCUT2D eigenvalue weighted by Crippen LogP contribution is -2.27. The van der Waals surface area contributed by atoms with Crippen LogP contribution in [0.2, 0.25) is 5.15 Å². The summed E-state index contributed by atoms with van der Waals surface area (Å²) >= 11 is 7.75. The molecule has 0 unspecified atom stereocenters. The number of thiophene rings is 1. The number of fused-ring (bicyclic) bond motifs is 1. The van der Waals surface area contributed by atoms with E-state index < -0.39 is 35.0 Å². The summed E-state index contributed by atoms with van der Waals surface area (Å²) in [5, 5.41) is 4.17. The van der Waals surface area contributed by atoms with Gasteiger partial charge in [-0.05, 0) is 50.4 Å². The number of amides is 1. The van der Waals surface area contributed by atoms with E-state index in [1.807, 2.05) is 17.5 Å². The second-order valence-electron chi connectivity index (χ2n) is 8.59. The van der Waals surface area contributed by atoms with E-state index in [1.54, 1.807) is 20.8 Å². The maximum absolute atomic E-state index is 14.0. The number of nitrogens with zero attached hydrogens (tertiary/aromatic N) is 3. The number of aromatic nitrogens is 3. The molecule has 35 heavy (non-hydrogen) atoms. The Morgan fingerprint density at radius 2 is 1.94 bits per heavy atom. The Balaban J connectivity index is 1.79. The minimum atomic E-state index is -4.81. The van der Waals surface area contributed by atoms with Gasteiger partial charge in [-0.3, -0.25) is 13.8 Å². The lowest BCUT2D eigenvalue weighted by Gasteiger charge is -2.20. The van der Waals surface area contributed by atoms with Gasteiger partial charge in [0.2, 0.25) is 0 Å². The predicted octanol–water partition coefficient (Wildman–Crippen LogP) is 6.25. The Hall–Kier alpha value is -3.31. The van der Waals surface area contributed by atoms with Gasteiger partial charge in [-0.15, -0.1) is 11.3 Å². The van der Waals surface area contributed by atoms with E-state index >= 15 is 0 Å². The summed E-state index contributed by atoms with van der Waals surface area (Å²) in [6, 6.07) is 7.47. The average molecular weight is 525 g/mol. The zero-order chi connectivity index (χ0) is 25.5. The quantitative estimate of drug-likeness (QED) is 0.342. The van der Waals surface area contributed by atoms with Gasteiger partial charge >= 0.3 is 12.3 Å². The Kier molecular flexibility index (Phi) is 6.41. The molecule has 0 atom stereocenters. The monoisotopic (exact) mass is 524 g/mol. The summed E-state index contributed by atoms with van der Waals surface area (Å²) in [4.78, 5) is 30.1. The van der Waals surface area contributed by atoms with Crippen molar-refractivity contribution in [1.29, 1.82) is 0 Å². The number of carbonyl (C=O) groups excluding carboxylic acids is 2. The zero-order valence-corrected chi connectivity index (χ0v) is 20.4. The van der Waals surface area contributed by atoms with Crippen molar-refractivity contribution in [3.63, 3.8) is 0 Å². The molecule has 4 heterocycles. The minimum absolute atomic E-state index is 0.0329. The molecule has 0 aliphatic carbocycles. The molecular formula is C23H20ClF3N4O3S. The standard InChI is InChI=1S/C23H20ClF3N4O3S/c1-22(2,3)34-21(33)30-8-4-7-16(30)13-10-15(23(25,26)27)19-29-17(18(24)31(19)12-13)20(32)28-11-14-6-5-9-35-14/h4-10,12H,11H2,1-3H3,(H,28,32). The molecule has 0 spiro atoms. The lowest BCUT2D eigenvalue weighted by atomic mass is 10.1. The van der Waals surface area contributed by atoms with Crippen molar-refractivity contribution in [2.24, 2.45) is 0 Å². The van der Waals surface area contributed by atoms with Gasteiger partial charge in [-0.2, -0.15) is 13.2 Å².